The van der Waals surface area contributed by atoms with E-state index in [1.54, 1.807) is 11.1 Å². The second-order valence-corrected chi connectivity index (χ2v) is 8.28. The van der Waals surface area contributed by atoms with Gasteiger partial charge < -0.3 is 20.9 Å². The van der Waals surface area contributed by atoms with E-state index in [0.717, 1.165) is 36.4 Å². The minimum absolute atomic E-state index is 0.0475. The van der Waals surface area contributed by atoms with Crippen molar-refractivity contribution >= 4 is 40.0 Å². The lowest BCUT2D eigenvalue weighted by Crippen LogP contribution is -2.43. The summed E-state index contributed by atoms with van der Waals surface area (Å²) in [6.45, 7) is 5.45. The number of rotatable bonds is 7. The van der Waals surface area contributed by atoms with E-state index in [-0.39, 0.29) is 23.7 Å². The molecule has 0 bridgehead atoms. The van der Waals surface area contributed by atoms with Gasteiger partial charge in [-0.25, -0.2) is 9.97 Å². The van der Waals surface area contributed by atoms with Crippen molar-refractivity contribution in [3.05, 3.63) is 36.3 Å². The average Bonchev–Trinajstić information content (AvgIpc) is 3.16. The Bertz CT molecular complexity index is 937. The van der Waals surface area contributed by atoms with Crippen LogP contribution in [0.2, 0.25) is 0 Å². The molecule has 0 atom stereocenters. The van der Waals surface area contributed by atoms with Crippen molar-refractivity contribution in [2.45, 2.75) is 44.7 Å². The maximum absolute atomic E-state index is 11.9. The lowest BCUT2D eigenvalue weighted by Gasteiger charge is -2.38. The van der Waals surface area contributed by atoms with Gasteiger partial charge in [0.2, 0.25) is 5.91 Å². The molecule has 0 saturated heterocycles. The van der Waals surface area contributed by atoms with Gasteiger partial charge in [-0.3, -0.25) is 9.59 Å². The molecule has 160 valence electrons. The molecule has 0 aromatic carbocycles. The van der Waals surface area contributed by atoms with Crippen molar-refractivity contribution in [3.63, 3.8) is 0 Å². The maximum Gasteiger partial charge on any atom is 0.271 e. The van der Waals surface area contributed by atoms with Gasteiger partial charge >= 0.3 is 0 Å². The monoisotopic (exact) mass is 429 g/mol. The van der Waals surface area contributed by atoms with Gasteiger partial charge in [-0.2, -0.15) is 4.37 Å². The van der Waals surface area contributed by atoms with Crippen LogP contribution in [0.25, 0.3) is 0 Å². The van der Waals surface area contributed by atoms with Gasteiger partial charge in [-0.05, 0) is 56.3 Å². The summed E-state index contributed by atoms with van der Waals surface area (Å²) >= 11 is 1.28. The molecule has 9 nitrogen and oxygen atoms in total. The molecule has 1 aliphatic carbocycles. The van der Waals surface area contributed by atoms with Crippen LogP contribution in [0.1, 0.15) is 41.9 Å². The quantitative estimate of drug-likeness (QED) is 0.649. The van der Waals surface area contributed by atoms with E-state index in [4.69, 9.17) is 5.73 Å². The highest BCUT2D eigenvalue weighted by Crippen LogP contribution is 2.29. The standard InChI is InChI=1S/C20H27N7O2S/c1-5-17(28)27(4)14-8-6-13(7-9-14)26(3)15-11-22-18(19(21)29)20(23-15)24-16-10-12(2)25-30-16/h5,10-11,13-14H,1,6-9H2,2-4H3,(H2,21,29)(H,23,24). The smallest absolute Gasteiger partial charge is 0.271 e. The molecule has 0 aliphatic heterocycles. The zero-order chi connectivity index (χ0) is 21.8. The van der Waals surface area contributed by atoms with E-state index in [0.29, 0.717) is 11.6 Å². The zero-order valence-corrected chi connectivity index (χ0v) is 18.3. The number of hydrogen-bond acceptors (Lipinski definition) is 8. The molecule has 3 rings (SSSR count). The van der Waals surface area contributed by atoms with E-state index in [1.807, 2.05) is 27.1 Å². The summed E-state index contributed by atoms with van der Waals surface area (Å²) in [4.78, 5) is 36.4. The number of anilines is 3. The first-order valence-corrected chi connectivity index (χ1v) is 10.6. The summed E-state index contributed by atoms with van der Waals surface area (Å²) in [7, 11) is 3.80. The van der Waals surface area contributed by atoms with Crippen LogP contribution in [0.5, 0.6) is 0 Å². The number of carbonyl (C=O) groups excluding carboxylic acids is 2. The van der Waals surface area contributed by atoms with Gasteiger partial charge in [0.1, 0.15) is 10.8 Å². The van der Waals surface area contributed by atoms with Crippen LogP contribution >= 0.6 is 11.5 Å². The van der Waals surface area contributed by atoms with Crippen molar-refractivity contribution in [2.75, 3.05) is 24.3 Å². The fraction of sp³-hybridized carbons (Fsp3) is 0.450. The number of amides is 2. The molecule has 0 radical (unpaired) electrons. The van der Waals surface area contributed by atoms with Crippen molar-refractivity contribution in [1.82, 2.24) is 19.2 Å². The third-order valence-electron chi connectivity index (χ3n) is 5.51. The summed E-state index contributed by atoms with van der Waals surface area (Å²) in [5, 5.41) is 3.88. The molecular formula is C20H27N7O2S. The minimum Gasteiger partial charge on any atom is -0.364 e. The molecule has 1 fully saturated rings. The number of likely N-dealkylation sites (N-methyl/N-ethyl adjacent to an activating group) is 1. The van der Waals surface area contributed by atoms with E-state index >= 15 is 0 Å². The fourth-order valence-corrected chi connectivity index (χ4v) is 4.36. The Morgan fingerprint density at radius 1 is 1.27 bits per heavy atom. The number of carbonyl (C=O) groups is 2. The predicted molar refractivity (Wildman–Crippen MR) is 118 cm³/mol. The van der Waals surface area contributed by atoms with Crippen LogP contribution in [-0.4, -0.2) is 57.2 Å². The van der Waals surface area contributed by atoms with Gasteiger partial charge in [-0.15, -0.1) is 0 Å². The zero-order valence-electron chi connectivity index (χ0n) is 17.5. The van der Waals surface area contributed by atoms with Crippen LogP contribution in [0.4, 0.5) is 16.6 Å². The number of nitrogens with zero attached hydrogens (tertiary/aromatic N) is 5. The second-order valence-electron chi connectivity index (χ2n) is 7.47. The molecule has 0 spiro atoms. The summed E-state index contributed by atoms with van der Waals surface area (Å²) in [6.07, 6.45) is 6.58. The Morgan fingerprint density at radius 3 is 2.50 bits per heavy atom. The predicted octanol–water partition coefficient (Wildman–Crippen LogP) is 2.48. The normalized spacial score (nSPS) is 18.5. The summed E-state index contributed by atoms with van der Waals surface area (Å²) in [5.74, 6) is 0.285. The van der Waals surface area contributed by atoms with Crippen molar-refractivity contribution < 1.29 is 9.59 Å². The van der Waals surface area contributed by atoms with Crippen LogP contribution in [0, 0.1) is 6.92 Å². The molecule has 1 saturated carbocycles. The molecule has 30 heavy (non-hydrogen) atoms. The molecule has 10 heteroatoms. The first-order valence-electron chi connectivity index (χ1n) is 9.79. The number of primary amides is 1. The maximum atomic E-state index is 11.9. The molecular weight excluding hydrogens is 402 g/mol. The van der Waals surface area contributed by atoms with Crippen molar-refractivity contribution in [3.8, 4) is 0 Å². The molecule has 2 aromatic heterocycles. The van der Waals surface area contributed by atoms with Gasteiger partial charge in [0.05, 0.1) is 11.9 Å². The summed E-state index contributed by atoms with van der Waals surface area (Å²) in [5.41, 5.74) is 6.44. The Labute approximate surface area is 180 Å². The second kappa shape index (κ2) is 9.21. The number of nitrogens with two attached hydrogens (primary N) is 1. The molecule has 3 N–H and O–H groups in total. The number of aryl methyl sites for hydroxylation is 1. The third-order valence-corrected chi connectivity index (χ3v) is 6.30. The van der Waals surface area contributed by atoms with Crippen LogP contribution < -0.4 is 16.0 Å². The Morgan fingerprint density at radius 2 is 1.93 bits per heavy atom. The number of aromatic nitrogens is 3. The van der Waals surface area contributed by atoms with Crippen LogP contribution in [0.15, 0.2) is 24.9 Å². The highest BCUT2D eigenvalue weighted by molar-refractivity contribution is 7.10. The Hall–Kier alpha value is -3.01. The van der Waals surface area contributed by atoms with E-state index in [2.05, 4.69) is 31.1 Å². The van der Waals surface area contributed by atoms with Crippen LogP contribution in [0.3, 0.4) is 0 Å². The highest BCUT2D eigenvalue weighted by Gasteiger charge is 2.28. The summed E-state index contributed by atoms with van der Waals surface area (Å²) < 4.78 is 4.23. The van der Waals surface area contributed by atoms with Gasteiger partial charge in [0.25, 0.3) is 5.91 Å². The average molecular weight is 430 g/mol. The van der Waals surface area contributed by atoms with E-state index in [1.165, 1.54) is 17.6 Å². The Kier molecular flexibility index (Phi) is 6.66. The first-order chi connectivity index (χ1) is 14.3. The van der Waals surface area contributed by atoms with Crippen molar-refractivity contribution in [1.29, 1.82) is 0 Å². The molecule has 2 heterocycles. The topological polar surface area (TPSA) is 117 Å². The lowest BCUT2D eigenvalue weighted by atomic mass is 9.89. The SMILES string of the molecule is C=CC(=O)N(C)C1CCC(N(C)c2cnc(C(N)=O)c(Nc3cc(C)ns3)n2)CC1. The Balaban J connectivity index is 1.74. The molecule has 1 aliphatic rings. The minimum atomic E-state index is -0.643. The third kappa shape index (κ3) is 4.76. The number of hydrogen-bond donors (Lipinski definition) is 2. The van der Waals surface area contributed by atoms with Gasteiger partial charge in [-0.1, -0.05) is 6.58 Å². The fourth-order valence-electron chi connectivity index (χ4n) is 3.70. The largest absolute Gasteiger partial charge is 0.364 e. The van der Waals surface area contributed by atoms with E-state index < -0.39 is 5.91 Å². The van der Waals surface area contributed by atoms with Gasteiger partial charge in [0, 0.05) is 26.2 Å². The summed E-state index contributed by atoms with van der Waals surface area (Å²) in [6, 6.07) is 2.35. The lowest BCUT2D eigenvalue weighted by molar-refractivity contribution is -0.127. The van der Waals surface area contributed by atoms with Gasteiger partial charge in [0.15, 0.2) is 11.5 Å². The van der Waals surface area contributed by atoms with E-state index in [9.17, 15) is 9.59 Å². The molecule has 0 unspecified atom stereocenters. The first kappa shape index (κ1) is 21.7. The number of nitrogens with one attached hydrogen (secondary N) is 1. The van der Waals surface area contributed by atoms with Crippen LogP contribution in [-0.2, 0) is 4.79 Å². The van der Waals surface area contributed by atoms with Crippen molar-refractivity contribution in [2.24, 2.45) is 5.73 Å². The molecule has 2 amide bonds. The highest BCUT2D eigenvalue weighted by atomic mass is 32.1. The molecule has 2 aromatic rings.